The summed E-state index contributed by atoms with van der Waals surface area (Å²) in [6.07, 6.45) is 0.0418. The molecule has 3 aromatic carbocycles. The van der Waals surface area contributed by atoms with Crippen LogP contribution in [0.15, 0.2) is 77.8 Å². The highest BCUT2D eigenvalue weighted by molar-refractivity contribution is 6.30. The van der Waals surface area contributed by atoms with Gasteiger partial charge in [0.25, 0.3) is 0 Å². The van der Waals surface area contributed by atoms with Crippen molar-refractivity contribution in [2.45, 2.75) is 6.42 Å². The van der Waals surface area contributed by atoms with Crippen molar-refractivity contribution in [2.24, 2.45) is 4.99 Å². The third-order valence-corrected chi connectivity index (χ3v) is 4.91. The van der Waals surface area contributed by atoms with Crippen LogP contribution < -0.4 is 10.2 Å². The standard InChI is InChI=1S/C23H17ClFN3O2/c24-16-7-5-15(6-8-16)20-13-23(30)28(21-4-2-1-3-19(21)27-20)14-22(29)26-18-11-9-17(25)10-12-18/h1-12H,13-14H2,(H,26,29). The second-order valence-corrected chi connectivity index (χ2v) is 7.20. The quantitative estimate of drug-likeness (QED) is 0.646. The zero-order chi connectivity index (χ0) is 21.1. The van der Waals surface area contributed by atoms with Gasteiger partial charge in [0.1, 0.15) is 12.4 Å². The number of benzene rings is 3. The minimum absolute atomic E-state index is 0.0418. The van der Waals surface area contributed by atoms with Crippen LogP contribution in [0.2, 0.25) is 5.02 Å². The molecule has 4 rings (SSSR count). The van der Waals surface area contributed by atoms with Gasteiger partial charge in [-0.2, -0.15) is 0 Å². The molecule has 0 atom stereocenters. The van der Waals surface area contributed by atoms with E-state index >= 15 is 0 Å². The van der Waals surface area contributed by atoms with E-state index < -0.39 is 5.82 Å². The molecule has 7 heteroatoms. The average Bonchev–Trinajstić information content (AvgIpc) is 2.87. The molecule has 0 spiro atoms. The largest absolute Gasteiger partial charge is 0.325 e. The molecular formula is C23H17ClFN3O2. The summed E-state index contributed by atoms with van der Waals surface area (Å²) in [7, 11) is 0. The highest BCUT2D eigenvalue weighted by atomic mass is 35.5. The number of carbonyl (C=O) groups excluding carboxylic acids is 2. The fourth-order valence-electron chi connectivity index (χ4n) is 3.20. The lowest BCUT2D eigenvalue weighted by molar-refractivity contribution is -0.120. The number of para-hydroxylation sites is 2. The molecule has 0 aromatic heterocycles. The van der Waals surface area contributed by atoms with E-state index in [-0.39, 0.29) is 24.8 Å². The fourth-order valence-corrected chi connectivity index (χ4v) is 3.33. The van der Waals surface area contributed by atoms with Crippen molar-refractivity contribution in [3.63, 3.8) is 0 Å². The monoisotopic (exact) mass is 421 g/mol. The maximum absolute atomic E-state index is 13.1. The van der Waals surface area contributed by atoms with Crippen LogP contribution in [0.4, 0.5) is 21.5 Å². The van der Waals surface area contributed by atoms with Gasteiger partial charge in [0.05, 0.1) is 23.5 Å². The molecule has 150 valence electrons. The average molecular weight is 422 g/mol. The third kappa shape index (κ3) is 4.39. The van der Waals surface area contributed by atoms with Gasteiger partial charge >= 0.3 is 0 Å². The molecule has 0 saturated carbocycles. The van der Waals surface area contributed by atoms with E-state index in [9.17, 15) is 14.0 Å². The van der Waals surface area contributed by atoms with Gasteiger partial charge < -0.3 is 10.2 Å². The Morgan fingerprint density at radius 3 is 2.47 bits per heavy atom. The molecular weight excluding hydrogens is 405 g/mol. The smallest absolute Gasteiger partial charge is 0.244 e. The zero-order valence-electron chi connectivity index (χ0n) is 15.8. The predicted molar refractivity (Wildman–Crippen MR) is 116 cm³/mol. The molecule has 0 bridgehead atoms. The summed E-state index contributed by atoms with van der Waals surface area (Å²) in [5, 5.41) is 3.28. The fraction of sp³-hybridized carbons (Fsp3) is 0.0870. The lowest BCUT2D eigenvalue weighted by atomic mass is 10.1. The first kappa shape index (κ1) is 19.8. The van der Waals surface area contributed by atoms with Crippen molar-refractivity contribution in [3.8, 4) is 0 Å². The molecule has 3 aromatic rings. The van der Waals surface area contributed by atoms with Gasteiger partial charge in [-0.05, 0) is 54.1 Å². The van der Waals surface area contributed by atoms with Crippen molar-refractivity contribution in [1.82, 2.24) is 0 Å². The Balaban J connectivity index is 1.60. The topological polar surface area (TPSA) is 61.8 Å². The molecule has 2 amide bonds. The van der Waals surface area contributed by atoms with E-state index in [4.69, 9.17) is 11.6 Å². The number of hydrogen-bond acceptors (Lipinski definition) is 3. The number of hydrogen-bond donors (Lipinski definition) is 1. The van der Waals surface area contributed by atoms with Crippen molar-refractivity contribution in [3.05, 3.63) is 89.2 Å². The number of rotatable bonds is 4. The number of halogens is 2. The summed E-state index contributed by atoms with van der Waals surface area (Å²) in [5.74, 6) is -1.03. The van der Waals surface area contributed by atoms with Crippen LogP contribution in [-0.2, 0) is 9.59 Å². The lowest BCUT2D eigenvalue weighted by Crippen LogP contribution is -2.38. The minimum Gasteiger partial charge on any atom is -0.325 e. The Morgan fingerprint density at radius 2 is 1.73 bits per heavy atom. The van der Waals surface area contributed by atoms with Crippen molar-refractivity contribution >= 4 is 46.2 Å². The van der Waals surface area contributed by atoms with Crippen molar-refractivity contribution in [2.75, 3.05) is 16.8 Å². The Labute approximate surface area is 177 Å². The maximum atomic E-state index is 13.1. The van der Waals surface area contributed by atoms with E-state index in [0.29, 0.717) is 27.8 Å². The Hall–Kier alpha value is -3.51. The van der Waals surface area contributed by atoms with Crippen LogP contribution in [0.5, 0.6) is 0 Å². The van der Waals surface area contributed by atoms with E-state index in [1.54, 1.807) is 30.3 Å². The van der Waals surface area contributed by atoms with Gasteiger partial charge in [0, 0.05) is 10.7 Å². The van der Waals surface area contributed by atoms with E-state index in [2.05, 4.69) is 10.3 Å². The summed E-state index contributed by atoms with van der Waals surface area (Å²) in [4.78, 5) is 31.7. The molecule has 0 aliphatic carbocycles. The second-order valence-electron chi connectivity index (χ2n) is 6.77. The molecule has 0 unspecified atom stereocenters. The number of amides is 2. The van der Waals surface area contributed by atoms with Gasteiger partial charge in [-0.1, -0.05) is 35.9 Å². The molecule has 1 aliphatic heterocycles. The molecule has 0 saturated heterocycles. The second kappa shape index (κ2) is 8.47. The maximum Gasteiger partial charge on any atom is 0.244 e. The van der Waals surface area contributed by atoms with Crippen LogP contribution in [0.25, 0.3) is 0 Å². The Bertz CT molecular complexity index is 1130. The number of nitrogens with zero attached hydrogens (tertiary/aromatic N) is 2. The number of nitrogens with one attached hydrogen (secondary N) is 1. The van der Waals surface area contributed by atoms with E-state index in [1.165, 1.54) is 29.2 Å². The molecule has 0 radical (unpaired) electrons. The predicted octanol–water partition coefficient (Wildman–Crippen LogP) is 4.98. The third-order valence-electron chi connectivity index (χ3n) is 4.65. The van der Waals surface area contributed by atoms with Crippen LogP contribution >= 0.6 is 11.6 Å². The van der Waals surface area contributed by atoms with Crippen LogP contribution in [-0.4, -0.2) is 24.1 Å². The Kier molecular flexibility index (Phi) is 5.59. The first-order chi connectivity index (χ1) is 14.5. The van der Waals surface area contributed by atoms with Crippen molar-refractivity contribution < 1.29 is 14.0 Å². The normalized spacial score (nSPS) is 13.3. The lowest BCUT2D eigenvalue weighted by Gasteiger charge is -2.22. The number of aliphatic imine (C=N–C) groups is 1. The Morgan fingerprint density at radius 1 is 1.03 bits per heavy atom. The number of fused-ring (bicyclic) bond motifs is 1. The highest BCUT2D eigenvalue weighted by Crippen LogP contribution is 2.33. The summed E-state index contributed by atoms with van der Waals surface area (Å²) in [5.41, 5.74) is 3.00. The summed E-state index contributed by atoms with van der Waals surface area (Å²) >= 11 is 5.97. The summed E-state index contributed by atoms with van der Waals surface area (Å²) < 4.78 is 13.1. The minimum atomic E-state index is -0.392. The van der Waals surface area contributed by atoms with E-state index in [0.717, 1.165) is 5.56 Å². The SMILES string of the molecule is O=C(CN1C(=O)CC(c2ccc(Cl)cc2)=Nc2ccccc21)Nc1ccc(F)cc1. The van der Waals surface area contributed by atoms with Gasteiger partial charge in [0.15, 0.2) is 0 Å². The van der Waals surface area contributed by atoms with Crippen LogP contribution in [0, 0.1) is 5.82 Å². The van der Waals surface area contributed by atoms with Crippen molar-refractivity contribution in [1.29, 1.82) is 0 Å². The first-order valence-corrected chi connectivity index (χ1v) is 9.66. The van der Waals surface area contributed by atoms with Gasteiger partial charge in [-0.25, -0.2) is 4.39 Å². The number of carbonyl (C=O) groups is 2. The molecule has 1 heterocycles. The van der Waals surface area contributed by atoms with E-state index in [1.807, 2.05) is 18.2 Å². The molecule has 30 heavy (non-hydrogen) atoms. The first-order valence-electron chi connectivity index (χ1n) is 9.28. The van der Waals surface area contributed by atoms with Gasteiger partial charge in [-0.15, -0.1) is 0 Å². The molecule has 0 fully saturated rings. The molecule has 1 N–H and O–H groups in total. The molecule has 1 aliphatic rings. The molecule has 5 nitrogen and oxygen atoms in total. The van der Waals surface area contributed by atoms with Gasteiger partial charge in [-0.3, -0.25) is 14.6 Å². The highest BCUT2D eigenvalue weighted by Gasteiger charge is 2.26. The summed E-state index contributed by atoms with van der Waals surface area (Å²) in [6.45, 7) is -0.184. The zero-order valence-corrected chi connectivity index (χ0v) is 16.6. The number of anilines is 2. The summed E-state index contributed by atoms with van der Waals surface area (Å²) in [6, 6.07) is 19.7. The van der Waals surface area contributed by atoms with Gasteiger partial charge in [0.2, 0.25) is 11.8 Å². The van der Waals surface area contributed by atoms with Crippen LogP contribution in [0.1, 0.15) is 12.0 Å². The van der Waals surface area contributed by atoms with Crippen LogP contribution in [0.3, 0.4) is 0 Å².